The number of hydrogen-bond donors (Lipinski definition) is 2. The summed E-state index contributed by atoms with van der Waals surface area (Å²) in [6, 6.07) is 6.74. The highest BCUT2D eigenvalue weighted by molar-refractivity contribution is 6.01. The number of amides is 1. The molecule has 1 unspecified atom stereocenters. The van der Waals surface area contributed by atoms with Crippen molar-refractivity contribution in [2.45, 2.75) is 39.2 Å². The lowest BCUT2D eigenvalue weighted by Gasteiger charge is -2.17. The van der Waals surface area contributed by atoms with E-state index in [4.69, 9.17) is 5.11 Å². The number of rotatable bonds is 4. The lowest BCUT2D eigenvalue weighted by Crippen LogP contribution is -2.23. The zero-order chi connectivity index (χ0) is 17.2. The molecular formula is C16H20N4O3. The van der Waals surface area contributed by atoms with Crippen LogP contribution in [0.2, 0.25) is 0 Å². The van der Waals surface area contributed by atoms with Gasteiger partial charge < -0.3 is 10.4 Å². The van der Waals surface area contributed by atoms with Gasteiger partial charge in [-0.1, -0.05) is 12.1 Å². The van der Waals surface area contributed by atoms with Crippen LogP contribution in [0.25, 0.3) is 0 Å². The van der Waals surface area contributed by atoms with Crippen molar-refractivity contribution >= 4 is 17.6 Å². The van der Waals surface area contributed by atoms with Crippen molar-refractivity contribution in [3.63, 3.8) is 0 Å². The molecule has 0 aliphatic carbocycles. The summed E-state index contributed by atoms with van der Waals surface area (Å²) in [7, 11) is 0. The number of carbonyl (C=O) groups excluding carboxylic acids is 1. The summed E-state index contributed by atoms with van der Waals surface area (Å²) in [4.78, 5) is 27.3. The van der Waals surface area contributed by atoms with Crippen molar-refractivity contribution in [2.75, 3.05) is 5.32 Å². The Bertz CT molecular complexity index is 731. The smallest absolute Gasteiger partial charge is 0.310 e. The van der Waals surface area contributed by atoms with E-state index in [9.17, 15) is 9.59 Å². The normalized spacial score (nSPS) is 12.7. The first-order valence-electron chi connectivity index (χ1n) is 7.25. The molecule has 1 amide bonds. The molecule has 7 heteroatoms. The Kier molecular flexibility index (Phi) is 4.49. The molecule has 2 aromatic rings. The van der Waals surface area contributed by atoms with Gasteiger partial charge in [0.15, 0.2) is 0 Å². The second-order valence-electron chi connectivity index (χ2n) is 6.32. The summed E-state index contributed by atoms with van der Waals surface area (Å²) in [5, 5.41) is 15.9. The van der Waals surface area contributed by atoms with Crippen LogP contribution in [0.4, 0.5) is 5.69 Å². The summed E-state index contributed by atoms with van der Waals surface area (Å²) >= 11 is 0. The van der Waals surface area contributed by atoms with Crippen LogP contribution in [0.15, 0.2) is 30.6 Å². The minimum absolute atomic E-state index is 0.0663. The van der Waals surface area contributed by atoms with Gasteiger partial charge in [-0.15, -0.1) is 5.10 Å². The molecule has 1 heterocycles. The SMILES string of the molecule is CC(C(=O)O)c1cccc(NC(=O)c2ncn(C(C)(C)C)n2)c1. The monoisotopic (exact) mass is 316 g/mol. The summed E-state index contributed by atoms with van der Waals surface area (Å²) in [5.41, 5.74) is 0.860. The molecule has 7 nitrogen and oxygen atoms in total. The van der Waals surface area contributed by atoms with Crippen molar-refractivity contribution in [3.8, 4) is 0 Å². The fraction of sp³-hybridized carbons (Fsp3) is 0.375. The number of nitrogens with one attached hydrogen (secondary N) is 1. The zero-order valence-electron chi connectivity index (χ0n) is 13.6. The second-order valence-corrected chi connectivity index (χ2v) is 6.32. The number of aliphatic carboxylic acids is 1. The topological polar surface area (TPSA) is 97.1 Å². The molecule has 0 aliphatic rings. The molecule has 0 saturated heterocycles. The minimum Gasteiger partial charge on any atom is -0.481 e. The first-order valence-corrected chi connectivity index (χ1v) is 7.25. The van der Waals surface area contributed by atoms with Gasteiger partial charge in [-0.2, -0.15) is 0 Å². The number of carboxylic acids is 1. The number of nitrogens with zero attached hydrogens (tertiary/aromatic N) is 3. The van der Waals surface area contributed by atoms with E-state index in [1.54, 1.807) is 35.9 Å². The molecule has 0 saturated carbocycles. The predicted octanol–water partition coefficient (Wildman–Crippen LogP) is 2.47. The fourth-order valence-electron chi connectivity index (χ4n) is 1.91. The maximum absolute atomic E-state index is 12.2. The van der Waals surface area contributed by atoms with Crippen molar-refractivity contribution in [2.24, 2.45) is 0 Å². The third-order valence-electron chi connectivity index (χ3n) is 3.40. The number of hydrogen-bond acceptors (Lipinski definition) is 4. The van der Waals surface area contributed by atoms with Crippen molar-refractivity contribution < 1.29 is 14.7 Å². The highest BCUT2D eigenvalue weighted by Gasteiger charge is 2.19. The molecule has 0 bridgehead atoms. The third-order valence-corrected chi connectivity index (χ3v) is 3.40. The average molecular weight is 316 g/mol. The number of carbonyl (C=O) groups is 2. The highest BCUT2D eigenvalue weighted by atomic mass is 16.4. The predicted molar refractivity (Wildman–Crippen MR) is 85.5 cm³/mol. The largest absolute Gasteiger partial charge is 0.481 e. The van der Waals surface area contributed by atoms with Crippen molar-refractivity contribution in [3.05, 3.63) is 42.0 Å². The van der Waals surface area contributed by atoms with Gasteiger partial charge in [0.25, 0.3) is 5.91 Å². The summed E-state index contributed by atoms with van der Waals surface area (Å²) < 4.78 is 1.62. The van der Waals surface area contributed by atoms with Gasteiger partial charge in [0.1, 0.15) is 6.33 Å². The zero-order valence-corrected chi connectivity index (χ0v) is 13.6. The number of benzene rings is 1. The van der Waals surface area contributed by atoms with Gasteiger partial charge in [0, 0.05) is 5.69 Å². The van der Waals surface area contributed by atoms with Crippen molar-refractivity contribution in [1.29, 1.82) is 0 Å². The van der Waals surface area contributed by atoms with E-state index >= 15 is 0 Å². The number of aromatic nitrogens is 3. The van der Waals surface area contributed by atoms with Gasteiger partial charge in [-0.05, 0) is 45.4 Å². The van der Waals surface area contributed by atoms with E-state index in [0.717, 1.165) is 0 Å². The number of anilines is 1. The lowest BCUT2D eigenvalue weighted by molar-refractivity contribution is -0.138. The maximum Gasteiger partial charge on any atom is 0.310 e. The van der Waals surface area contributed by atoms with Crippen LogP contribution < -0.4 is 5.32 Å². The molecule has 2 N–H and O–H groups in total. The Balaban J connectivity index is 2.16. The Morgan fingerprint density at radius 1 is 1.30 bits per heavy atom. The van der Waals surface area contributed by atoms with Gasteiger partial charge >= 0.3 is 5.97 Å². The molecule has 1 atom stereocenters. The Morgan fingerprint density at radius 2 is 2.00 bits per heavy atom. The van der Waals surface area contributed by atoms with Gasteiger partial charge in [-0.3, -0.25) is 9.59 Å². The summed E-state index contributed by atoms with van der Waals surface area (Å²) in [6.45, 7) is 7.47. The fourth-order valence-corrected chi connectivity index (χ4v) is 1.91. The van der Waals surface area contributed by atoms with Crippen LogP contribution in [-0.4, -0.2) is 31.7 Å². The Labute approximate surface area is 134 Å². The summed E-state index contributed by atoms with van der Waals surface area (Å²) in [5.74, 6) is -1.94. The average Bonchev–Trinajstić information content (AvgIpc) is 2.96. The molecule has 1 aromatic heterocycles. The molecule has 0 spiro atoms. The molecule has 23 heavy (non-hydrogen) atoms. The summed E-state index contributed by atoms with van der Waals surface area (Å²) in [6.07, 6.45) is 1.51. The second kappa shape index (κ2) is 6.20. The quantitative estimate of drug-likeness (QED) is 0.903. The van der Waals surface area contributed by atoms with Gasteiger partial charge in [0.2, 0.25) is 5.82 Å². The Morgan fingerprint density at radius 3 is 2.57 bits per heavy atom. The van der Waals surface area contributed by atoms with E-state index in [1.165, 1.54) is 6.33 Å². The highest BCUT2D eigenvalue weighted by Crippen LogP contribution is 2.20. The third kappa shape index (κ3) is 3.94. The van der Waals surface area contributed by atoms with Crippen LogP contribution >= 0.6 is 0 Å². The first kappa shape index (κ1) is 16.7. The molecular weight excluding hydrogens is 296 g/mol. The number of carboxylic acid groups (broad SMARTS) is 1. The van der Waals surface area contributed by atoms with Crippen molar-refractivity contribution in [1.82, 2.24) is 14.8 Å². The molecule has 1 aromatic carbocycles. The molecule has 0 radical (unpaired) electrons. The van der Waals surface area contributed by atoms with Gasteiger partial charge in [-0.25, -0.2) is 9.67 Å². The maximum atomic E-state index is 12.2. The van der Waals surface area contributed by atoms with Crippen LogP contribution in [0, 0.1) is 0 Å². The molecule has 2 rings (SSSR count). The van der Waals surface area contributed by atoms with Crippen LogP contribution in [0.1, 0.15) is 49.8 Å². The van der Waals surface area contributed by atoms with E-state index in [0.29, 0.717) is 11.3 Å². The minimum atomic E-state index is -0.918. The van der Waals surface area contributed by atoms with E-state index in [1.807, 2.05) is 20.8 Å². The standard InChI is InChI=1S/C16H20N4O3/c1-10(15(22)23)11-6-5-7-12(8-11)18-14(21)13-17-9-20(19-13)16(2,3)4/h5-10H,1-4H3,(H,18,21)(H,22,23). The first-order chi connectivity index (χ1) is 10.7. The lowest BCUT2D eigenvalue weighted by atomic mass is 10.0. The van der Waals surface area contributed by atoms with Gasteiger partial charge in [0.05, 0.1) is 11.5 Å². The molecule has 0 aliphatic heterocycles. The van der Waals surface area contributed by atoms with E-state index in [2.05, 4.69) is 15.4 Å². The molecule has 0 fully saturated rings. The van der Waals surface area contributed by atoms with E-state index < -0.39 is 17.8 Å². The molecule has 122 valence electrons. The Hall–Kier alpha value is -2.70. The van der Waals surface area contributed by atoms with Crippen LogP contribution in [-0.2, 0) is 10.3 Å². The van der Waals surface area contributed by atoms with E-state index in [-0.39, 0.29) is 11.4 Å². The van der Waals surface area contributed by atoms with Crippen LogP contribution in [0.3, 0.4) is 0 Å². The van der Waals surface area contributed by atoms with Crippen LogP contribution in [0.5, 0.6) is 0 Å².